The van der Waals surface area contributed by atoms with E-state index in [1.165, 1.54) is 0 Å². The Bertz CT molecular complexity index is 1090. The number of benzene rings is 2. The first-order valence-electron chi connectivity index (χ1n) is 11.8. The van der Waals surface area contributed by atoms with Crippen molar-refractivity contribution in [3.05, 3.63) is 63.1 Å². The van der Waals surface area contributed by atoms with Crippen molar-refractivity contribution >= 4 is 52.5 Å². The molecule has 9 heteroatoms. The maximum absolute atomic E-state index is 13.7. The second-order valence-corrected chi connectivity index (χ2v) is 11.3. The van der Waals surface area contributed by atoms with Crippen molar-refractivity contribution in [1.29, 1.82) is 0 Å². The van der Waals surface area contributed by atoms with Crippen LogP contribution in [-0.2, 0) is 9.53 Å². The van der Waals surface area contributed by atoms with Gasteiger partial charge in [0.15, 0.2) is 0 Å². The number of rotatable bonds is 3. The number of halogens is 3. The standard InChI is InChI=1S/C26H30Cl3N3O3/c1-26(2,3)35-25(34)32-12-4-5-22(32)24(33)30-13-14-31(21-11-10-19(28)15-20(21)29)23(16-30)17-6-8-18(27)9-7-17/h6-11,15,22-23H,4-5,12-14,16H2,1-3H3/t22-,23-/m0/s1. The van der Waals surface area contributed by atoms with Gasteiger partial charge >= 0.3 is 6.09 Å². The lowest BCUT2D eigenvalue weighted by Crippen LogP contribution is -2.55. The van der Waals surface area contributed by atoms with Crippen molar-refractivity contribution in [1.82, 2.24) is 9.80 Å². The van der Waals surface area contributed by atoms with Gasteiger partial charge in [-0.3, -0.25) is 9.69 Å². The minimum atomic E-state index is -0.615. The van der Waals surface area contributed by atoms with Crippen molar-refractivity contribution in [3.8, 4) is 0 Å². The molecular weight excluding hydrogens is 509 g/mol. The topological polar surface area (TPSA) is 53.1 Å². The van der Waals surface area contributed by atoms with Gasteiger partial charge in [-0.25, -0.2) is 4.79 Å². The summed E-state index contributed by atoms with van der Waals surface area (Å²) in [5.41, 5.74) is 1.27. The van der Waals surface area contributed by atoms with E-state index in [1.54, 1.807) is 11.0 Å². The zero-order valence-corrected chi connectivity index (χ0v) is 22.4. The largest absolute Gasteiger partial charge is 0.444 e. The van der Waals surface area contributed by atoms with Crippen LogP contribution in [0.2, 0.25) is 15.1 Å². The molecule has 0 bridgehead atoms. The monoisotopic (exact) mass is 537 g/mol. The number of piperazine rings is 1. The van der Waals surface area contributed by atoms with E-state index in [1.807, 2.05) is 62.1 Å². The number of carbonyl (C=O) groups is 2. The summed E-state index contributed by atoms with van der Waals surface area (Å²) in [6.07, 6.45) is 0.970. The highest BCUT2D eigenvalue weighted by molar-refractivity contribution is 6.36. The van der Waals surface area contributed by atoms with Gasteiger partial charge in [0.05, 0.1) is 16.8 Å². The Morgan fingerprint density at radius 1 is 0.943 bits per heavy atom. The van der Waals surface area contributed by atoms with E-state index in [-0.39, 0.29) is 11.9 Å². The summed E-state index contributed by atoms with van der Waals surface area (Å²) >= 11 is 18.8. The minimum Gasteiger partial charge on any atom is -0.444 e. The molecule has 2 aliphatic rings. The van der Waals surface area contributed by atoms with Crippen LogP contribution in [0.3, 0.4) is 0 Å². The molecule has 0 spiro atoms. The third kappa shape index (κ3) is 5.99. The average molecular weight is 539 g/mol. The molecule has 2 aliphatic heterocycles. The van der Waals surface area contributed by atoms with Gasteiger partial charge < -0.3 is 14.5 Å². The number of hydrogen-bond acceptors (Lipinski definition) is 4. The molecule has 6 nitrogen and oxygen atoms in total. The number of anilines is 1. The summed E-state index contributed by atoms with van der Waals surface area (Å²) in [4.78, 5) is 32.1. The fourth-order valence-corrected chi connectivity index (χ4v) is 5.37. The lowest BCUT2D eigenvalue weighted by atomic mass is 10.0. The second kappa shape index (κ2) is 10.5. The normalized spacial score (nSPS) is 20.8. The van der Waals surface area contributed by atoms with Gasteiger partial charge in [0.1, 0.15) is 11.6 Å². The van der Waals surface area contributed by atoms with Crippen LogP contribution in [0.15, 0.2) is 42.5 Å². The molecule has 2 fully saturated rings. The SMILES string of the molecule is CC(C)(C)OC(=O)N1CCC[C@H]1C(=O)N1CCN(c2ccc(Cl)cc2Cl)[C@H](c2ccc(Cl)cc2)C1. The van der Waals surface area contributed by atoms with Crippen molar-refractivity contribution in [2.75, 3.05) is 31.1 Å². The fourth-order valence-electron chi connectivity index (χ4n) is 4.73. The Morgan fingerprint density at radius 2 is 1.63 bits per heavy atom. The summed E-state index contributed by atoms with van der Waals surface area (Å²) in [6, 6.07) is 12.4. The molecule has 2 amide bonds. The molecule has 2 aromatic carbocycles. The van der Waals surface area contributed by atoms with Crippen LogP contribution in [0.4, 0.5) is 10.5 Å². The number of nitrogens with zero attached hydrogens (tertiary/aromatic N) is 3. The Morgan fingerprint density at radius 3 is 2.29 bits per heavy atom. The van der Waals surface area contributed by atoms with Gasteiger partial charge in [-0.15, -0.1) is 0 Å². The first-order chi connectivity index (χ1) is 16.5. The quantitative estimate of drug-likeness (QED) is 0.451. The zero-order valence-electron chi connectivity index (χ0n) is 20.1. The predicted octanol–water partition coefficient (Wildman–Crippen LogP) is 6.44. The van der Waals surface area contributed by atoms with E-state index >= 15 is 0 Å². The van der Waals surface area contributed by atoms with Crippen LogP contribution >= 0.6 is 34.8 Å². The summed E-state index contributed by atoms with van der Waals surface area (Å²) in [6.45, 7) is 7.56. The molecule has 0 unspecified atom stereocenters. The fraction of sp³-hybridized carbons (Fsp3) is 0.462. The summed E-state index contributed by atoms with van der Waals surface area (Å²) in [5, 5.41) is 1.77. The molecule has 0 radical (unpaired) electrons. The lowest BCUT2D eigenvalue weighted by Gasteiger charge is -2.44. The highest BCUT2D eigenvalue weighted by Crippen LogP contribution is 2.37. The molecule has 2 atom stereocenters. The summed E-state index contributed by atoms with van der Waals surface area (Å²) in [5.74, 6) is -0.0471. The molecule has 2 aromatic rings. The first-order valence-corrected chi connectivity index (χ1v) is 12.9. The maximum Gasteiger partial charge on any atom is 0.410 e. The average Bonchev–Trinajstić information content (AvgIpc) is 3.28. The Hall–Kier alpha value is -2.15. The Balaban J connectivity index is 1.58. The van der Waals surface area contributed by atoms with Gasteiger partial charge in [0.25, 0.3) is 0 Å². The van der Waals surface area contributed by atoms with Crippen LogP contribution in [-0.4, -0.2) is 59.6 Å². The van der Waals surface area contributed by atoms with Crippen LogP contribution in [0.5, 0.6) is 0 Å². The van der Waals surface area contributed by atoms with Crippen LogP contribution in [0.1, 0.15) is 45.2 Å². The minimum absolute atomic E-state index is 0.0471. The maximum atomic E-state index is 13.7. The van der Waals surface area contributed by atoms with Crippen LogP contribution in [0.25, 0.3) is 0 Å². The van der Waals surface area contributed by atoms with Gasteiger partial charge in [-0.05, 0) is 69.5 Å². The molecule has 0 N–H and O–H groups in total. The summed E-state index contributed by atoms with van der Waals surface area (Å²) in [7, 11) is 0. The van der Waals surface area contributed by atoms with E-state index in [9.17, 15) is 9.59 Å². The molecule has 35 heavy (non-hydrogen) atoms. The van der Waals surface area contributed by atoms with Gasteiger partial charge in [0, 0.05) is 36.2 Å². The molecule has 188 valence electrons. The first kappa shape index (κ1) is 25.9. The highest BCUT2D eigenvalue weighted by Gasteiger charge is 2.41. The molecular formula is C26H30Cl3N3O3. The lowest BCUT2D eigenvalue weighted by molar-refractivity contribution is -0.136. The molecule has 0 aliphatic carbocycles. The number of likely N-dealkylation sites (tertiary alicyclic amines) is 1. The smallest absolute Gasteiger partial charge is 0.410 e. The highest BCUT2D eigenvalue weighted by atomic mass is 35.5. The van der Waals surface area contributed by atoms with Crippen LogP contribution in [0, 0.1) is 0 Å². The van der Waals surface area contributed by atoms with E-state index in [0.717, 1.165) is 17.7 Å². The van der Waals surface area contributed by atoms with Crippen molar-refractivity contribution < 1.29 is 14.3 Å². The van der Waals surface area contributed by atoms with E-state index in [4.69, 9.17) is 39.5 Å². The predicted molar refractivity (Wildman–Crippen MR) is 141 cm³/mol. The third-order valence-electron chi connectivity index (χ3n) is 6.33. The van der Waals surface area contributed by atoms with E-state index in [2.05, 4.69) is 4.90 Å². The van der Waals surface area contributed by atoms with Crippen molar-refractivity contribution in [3.63, 3.8) is 0 Å². The van der Waals surface area contributed by atoms with Gasteiger partial charge in [-0.1, -0.05) is 46.9 Å². The molecule has 2 saturated heterocycles. The number of ether oxygens (including phenoxy) is 1. The van der Waals surface area contributed by atoms with Gasteiger partial charge in [0.2, 0.25) is 5.91 Å². The third-order valence-corrected chi connectivity index (χ3v) is 7.12. The zero-order chi connectivity index (χ0) is 25.3. The second-order valence-electron chi connectivity index (χ2n) is 9.97. The summed E-state index contributed by atoms with van der Waals surface area (Å²) < 4.78 is 5.56. The molecule has 2 heterocycles. The Labute approximate surface area is 221 Å². The van der Waals surface area contributed by atoms with Crippen molar-refractivity contribution in [2.45, 2.75) is 51.3 Å². The van der Waals surface area contributed by atoms with Crippen molar-refractivity contribution in [2.24, 2.45) is 0 Å². The molecule has 0 saturated carbocycles. The van der Waals surface area contributed by atoms with Crippen LogP contribution < -0.4 is 4.90 Å². The van der Waals surface area contributed by atoms with E-state index < -0.39 is 17.7 Å². The Kier molecular flexibility index (Phi) is 7.74. The van der Waals surface area contributed by atoms with E-state index in [0.29, 0.717) is 47.7 Å². The van der Waals surface area contributed by atoms with Gasteiger partial charge in [-0.2, -0.15) is 0 Å². The molecule has 0 aromatic heterocycles. The number of amides is 2. The number of hydrogen-bond donors (Lipinski definition) is 0. The molecule has 4 rings (SSSR count). The number of carbonyl (C=O) groups excluding carboxylic acids is 2.